The SMILES string of the molecule is COCCN=c1scc(-c2ccc(Br)cc2)n1N=Cc1ccc(O)cc1O. The average molecular weight is 448 g/mol. The molecule has 0 spiro atoms. The van der Waals surface area contributed by atoms with Gasteiger partial charge in [-0.15, -0.1) is 11.3 Å². The van der Waals surface area contributed by atoms with Gasteiger partial charge in [0.1, 0.15) is 11.5 Å². The van der Waals surface area contributed by atoms with Gasteiger partial charge in [0.15, 0.2) is 0 Å². The van der Waals surface area contributed by atoms with Crippen LogP contribution >= 0.6 is 27.3 Å². The smallest absolute Gasteiger partial charge is 0.206 e. The highest BCUT2D eigenvalue weighted by atomic mass is 79.9. The summed E-state index contributed by atoms with van der Waals surface area (Å²) < 4.78 is 7.79. The quantitative estimate of drug-likeness (QED) is 0.445. The molecule has 0 aliphatic heterocycles. The molecule has 3 rings (SSSR count). The van der Waals surface area contributed by atoms with Crippen LogP contribution in [0.2, 0.25) is 0 Å². The third kappa shape index (κ3) is 4.85. The Balaban J connectivity index is 2.04. The Bertz CT molecular complexity index is 1010. The average Bonchev–Trinajstić information content (AvgIpc) is 3.05. The summed E-state index contributed by atoms with van der Waals surface area (Å²) in [5.74, 6) is -0.0451. The highest BCUT2D eigenvalue weighted by Gasteiger charge is 2.08. The first-order valence-electron chi connectivity index (χ1n) is 8.10. The van der Waals surface area contributed by atoms with E-state index in [0.29, 0.717) is 18.7 Å². The summed E-state index contributed by atoms with van der Waals surface area (Å²) in [4.78, 5) is 5.26. The van der Waals surface area contributed by atoms with Crippen molar-refractivity contribution in [2.24, 2.45) is 10.1 Å². The molecule has 1 aromatic heterocycles. The van der Waals surface area contributed by atoms with E-state index in [1.54, 1.807) is 24.1 Å². The minimum Gasteiger partial charge on any atom is -0.508 e. The lowest BCUT2D eigenvalue weighted by atomic mass is 10.2. The highest BCUT2D eigenvalue weighted by Crippen LogP contribution is 2.24. The molecular formula is C19H18BrN3O3S. The van der Waals surface area contributed by atoms with Crippen molar-refractivity contribution < 1.29 is 14.9 Å². The number of phenols is 2. The molecule has 0 radical (unpaired) electrons. The molecule has 2 N–H and O–H groups in total. The number of nitrogens with zero attached hydrogens (tertiary/aromatic N) is 3. The molecule has 0 aliphatic rings. The standard InChI is InChI=1S/C19H18BrN3O3S/c1-26-9-8-21-19-23(22-11-14-4-7-16(24)10-18(14)25)17(12-27-19)13-2-5-15(20)6-3-13/h2-7,10-12,24-25H,8-9H2,1H3. The van der Waals surface area contributed by atoms with Gasteiger partial charge in [0.2, 0.25) is 4.80 Å². The van der Waals surface area contributed by atoms with E-state index in [1.807, 2.05) is 29.6 Å². The van der Waals surface area contributed by atoms with Crippen LogP contribution in [0.15, 0.2) is 62.4 Å². The van der Waals surface area contributed by atoms with Gasteiger partial charge in [-0.25, -0.2) is 4.68 Å². The number of rotatable bonds is 6. The molecule has 6 nitrogen and oxygen atoms in total. The van der Waals surface area contributed by atoms with Crippen molar-refractivity contribution in [3.63, 3.8) is 0 Å². The van der Waals surface area contributed by atoms with E-state index in [9.17, 15) is 10.2 Å². The third-order valence-electron chi connectivity index (χ3n) is 3.69. The highest BCUT2D eigenvalue weighted by molar-refractivity contribution is 9.10. The summed E-state index contributed by atoms with van der Waals surface area (Å²) in [7, 11) is 1.64. The first-order valence-corrected chi connectivity index (χ1v) is 9.78. The zero-order chi connectivity index (χ0) is 19.2. The van der Waals surface area contributed by atoms with Crippen LogP contribution in [0, 0.1) is 0 Å². The van der Waals surface area contributed by atoms with E-state index in [0.717, 1.165) is 20.5 Å². The van der Waals surface area contributed by atoms with Gasteiger partial charge in [-0.1, -0.05) is 28.1 Å². The maximum Gasteiger partial charge on any atom is 0.206 e. The summed E-state index contributed by atoms with van der Waals surface area (Å²) in [6.07, 6.45) is 1.54. The molecule has 0 fully saturated rings. The van der Waals surface area contributed by atoms with Crippen LogP contribution in [-0.2, 0) is 4.74 Å². The number of thiazole rings is 1. The molecule has 1 heterocycles. The molecule has 0 saturated heterocycles. The molecule has 0 atom stereocenters. The van der Waals surface area contributed by atoms with Crippen molar-refractivity contribution in [2.45, 2.75) is 0 Å². The second-order valence-electron chi connectivity index (χ2n) is 5.58. The number of halogens is 1. The zero-order valence-electron chi connectivity index (χ0n) is 14.5. The minimum absolute atomic E-state index is 0.00126. The van der Waals surface area contributed by atoms with E-state index in [4.69, 9.17) is 4.74 Å². The van der Waals surface area contributed by atoms with E-state index < -0.39 is 0 Å². The first kappa shape index (κ1) is 19.3. The topological polar surface area (TPSA) is 79.3 Å². The van der Waals surface area contributed by atoms with Gasteiger partial charge in [0.25, 0.3) is 0 Å². The van der Waals surface area contributed by atoms with E-state index in [1.165, 1.54) is 23.5 Å². The predicted molar refractivity (Wildman–Crippen MR) is 111 cm³/mol. The fourth-order valence-corrected chi connectivity index (χ4v) is 3.46. The molecule has 0 bridgehead atoms. The Hall–Kier alpha value is -2.42. The van der Waals surface area contributed by atoms with Crippen LogP contribution in [0.5, 0.6) is 11.5 Å². The molecule has 0 aliphatic carbocycles. The molecular weight excluding hydrogens is 430 g/mol. The van der Waals surface area contributed by atoms with Crippen molar-refractivity contribution in [1.29, 1.82) is 0 Å². The van der Waals surface area contributed by atoms with Gasteiger partial charge >= 0.3 is 0 Å². The minimum atomic E-state index is -0.0438. The van der Waals surface area contributed by atoms with Crippen molar-refractivity contribution >= 4 is 33.5 Å². The lowest BCUT2D eigenvalue weighted by Crippen LogP contribution is -2.13. The third-order valence-corrected chi connectivity index (χ3v) is 5.08. The van der Waals surface area contributed by atoms with Crippen LogP contribution in [0.25, 0.3) is 11.3 Å². The van der Waals surface area contributed by atoms with Crippen LogP contribution in [-0.4, -0.2) is 41.4 Å². The van der Waals surface area contributed by atoms with Crippen molar-refractivity contribution in [3.8, 4) is 22.8 Å². The molecule has 27 heavy (non-hydrogen) atoms. The Morgan fingerprint density at radius 2 is 1.96 bits per heavy atom. The molecule has 2 aromatic carbocycles. The maximum absolute atomic E-state index is 9.98. The van der Waals surface area contributed by atoms with Gasteiger partial charge in [-0.05, 0) is 24.3 Å². The summed E-state index contributed by atoms with van der Waals surface area (Å²) in [5.41, 5.74) is 2.38. The van der Waals surface area contributed by atoms with Crippen LogP contribution < -0.4 is 4.80 Å². The maximum atomic E-state index is 9.98. The number of aromatic hydroxyl groups is 2. The number of phenolic OH excluding ortho intramolecular Hbond substituents is 2. The first-order chi connectivity index (χ1) is 13.1. The number of hydrogen-bond donors (Lipinski definition) is 2. The van der Waals surface area contributed by atoms with E-state index in [-0.39, 0.29) is 11.5 Å². The number of benzene rings is 2. The normalized spacial score (nSPS) is 12.1. The number of aromatic nitrogens is 1. The zero-order valence-corrected chi connectivity index (χ0v) is 16.9. The Morgan fingerprint density at radius 1 is 1.19 bits per heavy atom. The number of methoxy groups -OCH3 is 1. The molecule has 140 valence electrons. The van der Waals surface area contributed by atoms with Gasteiger partial charge in [-0.3, -0.25) is 4.99 Å². The number of hydrogen-bond acceptors (Lipinski definition) is 6. The van der Waals surface area contributed by atoms with Crippen molar-refractivity contribution in [1.82, 2.24) is 4.68 Å². The summed E-state index contributed by atoms with van der Waals surface area (Å²) in [6, 6.07) is 12.3. The summed E-state index contributed by atoms with van der Waals surface area (Å²) in [5, 5.41) is 25.9. The van der Waals surface area contributed by atoms with Gasteiger partial charge in [0, 0.05) is 34.2 Å². The van der Waals surface area contributed by atoms with E-state index >= 15 is 0 Å². The molecule has 0 amide bonds. The lowest BCUT2D eigenvalue weighted by molar-refractivity contribution is 0.207. The van der Waals surface area contributed by atoms with E-state index in [2.05, 4.69) is 26.0 Å². The number of ether oxygens (including phenoxy) is 1. The fourth-order valence-electron chi connectivity index (χ4n) is 2.33. The molecule has 3 aromatic rings. The van der Waals surface area contributed by atoms with Gasteiger partial charge in [-0.2, -0.15) is 5.10 Å². The lowest BCUT2D eigenvalue weighted by Gasteiger charge is -2.05. The van der Waals surface area contributed by atoms with Crippen molar-refractivity contribution in [2.75, 3.05) is 20.3 Å². The molecule has 8 heteroatoms. The van der Waals surface area contributed by atoms with Crippen LogP contribution in [0.3, 0.4) is 0 Å². The summed E-state index contributed by atoms with van der Waals surface area (Å²) >= 11 is 4.92. The second kappa shape index (κ2) is 8.98. The Labute approximate surface area is 168 Å². The largest absolute Gasteiger partial charge is 0.508 e. The summed E-state index contributed by atoms with van der Waals surface area (Å²) in [6.45, 7) is 1.05. The fraction of sp³-hybridized carbons (Fsp3) is 0.158. The Morgan fingerprint density at radius 3 is 2.67 bits per heavy atom. The molecule has 0 saturated carbocycles. The Kier molecular flexibility index (Phi) is 6.44. The van der Waals surface area contributed by atoms with Gasteiger partial charge in [0.05, 0.1) is 25.1 Å². The second-order valence-corrected chi connectivity index (χ2v) is 7.34. The van der Waals surface area contributed by atoms with Gasteiger partial charge < -0.3 is 14.9 Å². The molecule has 0 unspecified atom stereocenters. The van der Waals surface area contributed by atoms with Crippen LogP contribution in [0.4, 0.5) is 0 Å². The predicted octanol–water partition coefficient (Wildman–Crippen LogP) is 3.82. The van der Waals surface area contributed by atoms with Crippen LogP contribution in [0.1, 0.15) is 5.56 Å². The van der Waals surface area contributed by atoms with Crippen molar-refractivity contribution in [3.05, 3.63) is 62.7 Å². The monoisotopic (exact) mass is 447 g/mol.